The molecule has 2 heterocycles. The van der Waals surface area contributed by atoms with E-state index in [1.165, 1.54) is 28.6 Å². The molecule has 184 valence electrons. The zero-order valence-corrected chi connectivity index (χ0v) is 21.5. The number of hydrogen-bond donors (Lipinski definition) is 1. The maximum atomic E-state index is 14.1. The molecule has 10 heteroatoms. The SMILES string of the molecule is Cc1cc(C)c2cc(CN(Cc3ccc(F)cc3)S(=O)(=O)c3c(C)ccc4nsnc34)c(=O)[nH]c2c1. The second-order valence-electron chi connectivity index (χ2n) is 8.91. The van der Waals surface area contributed by atoms with Gasteiger partial charge in [0.15, 0.2) is 0 Å². The molecule has 5 aromatic rings. The number of H-pyrrole nitrogens is 1. The summed E-state index contributed by atoms with van der Waals surface area (Å²) in [4.78, 5) is 16.0. The van der Waals surface area contributed by atoms with E-state index in [1.807, 2.05) is 26.0 Å². The molecule has 3 aromatic carbocycles. The minimum atomic E-state index is -4.13. The molecular weight excluding hydrogens is 499 g/mol. The Labute approximate surface area is 211 Å². The Hall–Kier alpha value is -3.47. The number of aromatic amines is 1. The van der Waals surface area contributed by atoms with Crippen molar-refractivity contribution in [1.82, 2.24) is 18.0 Å². The van der Waals surface area contributed by atoms with Crippen LogP contribution in [0.2, 0.25) is 0 Å². The summed E-state index contributed by atoms with van der Waals surface area (Å²) in [6.07, 6.45) is 0. The largest absolute Gasteiger partial charge is 0.322 e. The molecule has 0 saturated heterocycles. The molecule has 0 spiro atoms. The maximum absolute atomic E-state index is 14.1. The van der Waals surface area contributed by atoms with Crippen LogP contribution in [0.4, 0.5) is 4.39 Å². The molecule has 0 unspecified atom stereocenters. The molecule has 0 amide bonds. The van der Waals surface area contributed by atoms with E-state index >= 15 is 0 Å². The van der Waals surface area contributed by atoms with Gasteiger partial charge in [0.05, 0.1) is 11.7 Å². The fraction of sp³-hybridized carbons (Fsp3) is 0.192. The number of aryl methyl sites for hydroxylation is 3. The molecule has 0 radical (unpaired) electrons. The van der Waals surface area contributed by atoms with Gasteiger partial charge in [0.2, 0.25) is 10.0 Å². The van der Waals surface area contributed by atoms with Gasteiger partial charge in [0, 0.05) is 29.6 Å². The first-order valence-electron chi connectivity index (χ1n) is 11.2. The van der Waals surface area contributed by atoms with Crippen LogP contribution in [-0.2, 0) is 23.1 Å². The van der Waals surface area contributed by atoms with Gasteiger partial charge >= 0.3 is 0 Å². The second-order valence-corrected chi connectivity index (χ2v) is 11.3. The van der Waals surface area contributed by atoms with Crippen molar-refractivity contribution < 1.29 is 12.8 Å². The fourth-order valence-corrected chi connectivity index (χ4v) is 6.78. The van der Waals surface area contributed by atoms with Crippen molar-refractivity contribution in [2.24, 2.45) is 0 Å². The molecule has 0 aliphatic rings. The third-order valence-corrected chi connectivity index (χ3v) is 8.70. The zero-order chi connectivity index (χ0) is 25.6. The number of halogens is 1. The highest BCUT2D eigenvalue weighted by molar-refractivity contribution is 7.89. The van der Waals surface area contributed by atoms with Crippen LogP contribution in [0.25, 0.3) is 21.9 Å². The van der Waals surface area contributed by atoms with Gasteiger partial charge in [-0.25, -0.2) is 12.8 Å². The van der Waals surface area contributed by atoms with Crippen molar-refractivity contribution in [3.63, 3.8) is 0 Å². The standard InChI is InChI=1S/C26H23FN4O3S2/c1-15-10-17(3)21-12-19(26(32)28-23(21)11-15)14-31(13-18-5-7-20(27)8-6-18)36(33,34)25-16(2)4-9-22-24(25)30-35-29-22/h4-12H,13-14H2,1-3H3,(H,28,32). The van der Waals surface area contributed by atoms with Crippen LogP contribution in [0.1, 0.15) is 27.8 Å². The van der Waals surface area contributed by atoms with Crippen LogP contribution in [-0.4, -0.2) is 26.5 Å². The molecule has 2 aromatic heterocycles. The van der Waals surface area contributed by atoms with Gasteiger partial charge in [-0.15, -0.1) is 0 Å². The number of nitrogens with zero attached hydrogens (tertiary/aromatic N) is 3. The van der Waals surface area contributed by atoms with Gasteiger partial charge in [-0.3, -0.25) is 4.79 Å². The number of aromatic nitrogens is 3. The smallest absolute Gasteiger partial charge is 0.252 e. The molecule has 36 heavy (non-hydrogen) atoms. The predicted octanol–water partition coefficient (Wildman–Crippen LogP) is 4.99. The van der Waals surface area contributed by atoms with Gasteiger partial charge in [-0.2, -0.15) is 13.1 Å². The molecule has 0 saturated carbocycles. The van der Waals surface area contributed by atoms with E-state index in [2.05, 4.69) is 13.7 Å². The Kier molecular flexibility index (Phi) is 6.19. The Morgan fingerprint density at radius 3 is 2.44 bits per heavy atom. The number of benzene rings is 3. The number of hydrogen-bond acceptors (Lipinski definition) is 6. The Morgan fingerprint density at radius 1 is 0.944 bits per heavy atom. The van der Waals surface area contributed by atoms with E-state index in [-0.39, 0.29) is 23.5 Å². The van der Waals surface area contributed by atoms with E-state index in [1.54, 1.807) is 25.1 Å². The van der Waals surface area contributed by atoms with Crippen molar-refractivity contribution in [2.75, 3.05) is 0 Å². The minimum Gasteiger partial charge on any atom is -0.322 e. The van der Waals surface area contributed by atoms with Crippen molar-refractivity contribution >= 4 is 43.7 Å². The molecule has 0 aliphatic carbocycles. The minimum absolute atomic E-state index is 0.0552. The quantitative estimate of drug-likeness (QED) is 0.339. The highest BCUT2D eigenvalue weighted by atomic mass is 32.2. The average Bonchev–Trinajstić information content (AvgIpc) is 3.28. The summed E-state index contributed by atoms with van der Waals surface area (Å²) in [5.41, 5.74) is 4.53. The monoisotopic (exact) mass is 522 g/mol. The summed E-state index contributed by atoms with van der Waals surface area (Å²) in [5.74, 6) is -0.418. The molecular formula is C26H23FN4O3S2. The lowest BCUT2D eigenvalue weighted by Crippen LogP contribution is -2.33. The highest BCUT2D eigenvalue weighted by Gasteiger charge is 2.30. The third kappa shape index (κ3) is 4.43. The molecule has 5 rings (SSSR count). The predicted molar refractivity (Wildman–Crippen MR) is 139 cm³/mol. The summed E-state index contributed by atoms with van der Waals surface area (Å²) in [6, 6.07) is 14.7. The van der Waals surface area contributed by atoms with E-state index in [0.29, 0.717) is 33.2 Å². The topological polar surface area (TPSA) is 96.0 Å². The van der Waals surface area contributed by atoms with Gasteiger partial charge in [0.1, 0.15) is 21.7 Å². The average molecular weight is 523 g/mol. The van der Waals surface area contributed by atoms with Crippen molar-refractivity contribution in [3.05, 3.63) is 98.6 Å². The molecule has 7 nitrogen and oxygen atoms in total. The van der Waals surface area contributed by atoms with Crippen molar-refractivity contribution in [2.45, 2.75) is 38.8 Å². The number of fused-ring (bicyclic) bond motifs is 2. The third-order valence-electron chi connectivity index (χ3n) is 6.18. The summed E-state index contributed by atoms with van der Waals surface area (Å²) in [7, 11) is -4.13. The molecule has 0 bridgehead atoms. The fourth-order valence-electron chi connectivity index (χ4n) is 4.43. The van der Waals surface area contributed by atoms with Gasteiger partial charge in [-0.1, -0.05) is 24.3 Å². The van der Waals surface area contributed by atoms with Crippen LogP contribution in [0.3, 0.4) is 0 Å². The van der Waals surface area contributed by atoms with E-state index in [4.69, 9.17) is 0 Å². The van der Waals surface area contributed by atoms with Crippen LogP contribution in [0, 0.1) is 26.6 Å². The number of nitrogens with one attached hydrogen (secondary N) is 1. The lowest BCUT2D eigenvalue weighted by atomic mass is 10.0. The van der Waals surface area contributed by atoms with Crippen molar-refractivity contribution in [3.8, 4) is 0 Å². The van der Waals surface area contributed by atoms with Crippen LogP contribution in [0.5, 0.6) is 0 Å². The lowest BCUT2D eigenvalue weighted by molar-refractivity contribution is 0.400. The number of pyridine rings is 1. The molecule has 0 aliphatic heterocycles. The van der Waals surface area contributed by atoms with Gasteiger partial charge in [0.25, 0.3) is 5.56 Å². The summed E-state index contributed by atoms with van der Waals surface area (Å²) >= 11 is 0.940. The normalized spacial score (nSPS) is 12.1. The Morgan fingerprint density at radius 2 is 1.69 bits per heavy atom. The Balaban J connectivity index is 1.66. The maximum Gasteiger partial charge on any atom is 0.252 e. The van der Waals surface area contributed by atoms with Crippen LogP contribution in [0.15, 0.2) is 64.3 Å². The van der Waals surface area contributed by atoms with E-state index in [0.717, 1.165) is 28.2 Å². The second kappa shape index (κ2) is 9.20. The summed E-state index contributed by atoms with van der Waals surface area (Å²) < 4.78 is 51.4. The van der Waals surface area contributed by atoms with E-state index in [9.17, 15) is 17.6 Å². The number of rotatable bonds is 6. The van der Waals surface area contributed by atoms with Gasteiger partial charge in [-0.05, 0) is 73.4 Å². The van der Waals surface area contributed by atoms with Crippen LogP contribution < -0.4 is 5.56 Å². The molecule has 1 N–H and O–H groups in total. The van der Waals surface area contributed by atoms with Crippen LogP contribution >= 0.6 is 11.7 Å². The van der Waals surface area contributed by atoms with E-state index < -0.39 is 15.8 Å². The molecule has 0 atom stereocenters. The van der Waals surface area contributed by atoms with Crippen molar-refractivity contribution in [1.29, 1.82) is 0 Å². The van der Waals surface area contributed by atoms with Gasteiger partial charge < -0.3 is 4.98 Å². The lowest BCUT2D eigenvalue weighted by Gasteiger charge is -2.23. The summed E-state index contributed by atoms with van der Waals surface area (Å²) in [5, 5.41) is 0.844. The highest BCUT2D eigenvalue weighted by Crippen LogP contribution is 2.30. The summed E-state index contributed by atoms with van der Waals surface area (Å²) in [6.45, 7) is 5.37. The first-order chi connectivity index (χ1) is 17.1. The number of sulfonamides is 1. The first kappa shape index (κ1) is 24.2. The Bertz CT molecular complexity index is 1780. The zero-order valence-electron chi connectivity index (χ0n) is 19.9. The first-order valence-corrected chi connectivity index (χ1v) is 13.4. The molecule has 0 fully saturated rings.